The lowest BCUT2D eigenvalue weighted by Crippen LogP contribution is -2.27. The topological polar surface area (TPSA) is 75.8 Å². The number of rotatable bonds is 4. The summed E-state index contributed by atoms with van der Waals surface area (Å²) in [4.78, 5) is 35.0. The molecule has 2 aromatic rings. The molecule has 1 heterocycles. The van der Waals surface area contributed by atoms with E-state index in [0.717, 1.165) is 0 Å². The number of Topliss-reactive ketones (excluding diaryl/α,β-unsaturated/α-hetero) is 2. The molecule has 0 atom stereocenters. The van der Waals surface area contributed by atoms with Crippen molar-refractivity contribution in [2.75, 3.05) is 27.2 Å². The maximum Gasteiger partial charge on any atom is 0.244 e. The number of aromatic nitrogens is 1. The van der Waals surface area contributed by atoms with Crippen LogP contribution >= 0.6 is 0 Å². The van der Waals surface area contributed by atoms with Gasteiger partial charge in [-0.3, -0.25) is 14.6 Å². The smallest absolute Gasteiger partial charge is 0.244 e. The molecule has 7 heteroatoms. The quantitative estimate of drug-likeness (QED) is 0.853. The zero-order valence-corrected chi connectivity index (χ0v) is 14.3. The number of benzene rings is 1. The van der Waals surface area contributed by atoms with Gasteiger partial charge in [-0.2, -0.15) is 0 Å². The largest absolute Gasteiger partial charge is 0.432 e. The number of oxazole rings is 1. The molecule has 0 aliphatic heterocycles. The number of aryl methyl sites for hydroxylation is 1. The molecule has 1 aliphatic carbocycles. The van der Waals surface area contributed by atoms with E-state index >= 15 is 0 Å². The van der Waals surface area contributed by atoms with E-state index in [0.29, 0.717) is 24.2 Å². The second-order valence-electron chi connectivity index (χ2n) is 6.22. The number of fused-ring (bicyclic) bond motifs is 1. The molecule has 1 aromatic heterocycles. The monoisotopic (exact) mass is 343 g/mol. The summed E-state index contributed by atoms with van der Waals surface area (Å²) in [5, 5.41) is 0. The van der Waals surface area contributed by atoms with E-state index in [1.54, 1.807) is 19.1 Å². The lowest BCUT2D eigenvalue weighted by Gasteiger charge is -2.10. The highest BCUT2D eigenvalue weighted by atomic mass is 19.1. The Morgan fingerprint density at radius 1 is 1.32 bits per heavy atom. The lowest BCUT2D eigenvalue weighted by atomic mass is 9.97. The number of ketones is 2. The van der Waals surface area contributed by atoms with Gasteiger partial charge < -0.3 is 9.32 Å². The van der Waals surface area contributed by atoms with Crippen LogP contribution in [0.15, 0.2) is 27.6 Å². The zero-order valence-electron chi connectivity index (χ0n) is 14.3. The van der Waals surface area contributed by atoms with Crippen LogP contribution < -0.4 is 0 Å². The van der Waals surface area contributed by atoms with Crippen LogP contribution in [0, 0.1) is 12.7 Å². The third-order valence-electron chi connectivity index (χ3n) is 3.96. The minimum atomic E-state index is -0.431. The zero-order chi connectivity index (χ0) is 18.1. The number of carbonyl (C=O) groups excluding carboxylic acids is 2. The van der Waals surface area contributed by atoms with Crippen LogP contribution in [0.3, 0.4) is 0 Å². The minimum absolute atomic E-state index is 0.00690. The van der Waals surface area contributed by atoms with Crippen molar-refractivity contribution in [3.8, 4) is 11.5 Å². The Labute approximate surface area is 144 Å². The first-order valence-corrected chi connectivity index (χ1v) is 7.90. The molecule has 3 rings (SSSR count). The van der Waals surface area contributed by atoms with E-state index in [1.165, 1.54) is 6.07 Å². The minimum Gasteiger partial charge on any atom is -0.432 e. The SMILES string of the molecule is Cc1ccc(-c2nc3c(o2)C(=O)C(=NCCN(C)C)CC3=O)cc1F. The van der Waals surface area contributed by atoms with Crippen molar-refractivity contribution in [1.29, 1.82) is 0 Å². The molecule has 25 heavy (non-hydrogen) atoms. The third kappa shape index (κ3) is 3.41. The van der Waals surface area contributed by atoms with E-state index in [-0.39, 0.29) is 35.3 Å². The highest BCUT2D eigenvalue weighted by molar-refractivity contribution is 6.51. The molecule has 130 valence electrons. The van der Waals surface area contributed by atoms with Gasteiger partial charge in [0.2, 0.25) is 17.4 Å². The van der Waals surface area contributed by atoms with E-state index in [1.807, 2.05) is 19.0 Å². The molecule has 1 aromatic carbocycles. The second-order valence-corrected chi connectivity index (χ2v) is 6.22. The van der Waals surface area contributed by atoms with Crippen molar-refractivity contribution in [1.82, 2.24) is 9.88 Å². The summed E-state index contributed by atoms with van der Waals surface area (Å²) in [7, 11) is 3.80. The second kappa shape index (κ2) is 6.68. The van der Waals surface area contributed by atoms with Crippen molar-refractivity contribution in [3.05, 3.63) is 41.0 Å². The lowest BCUT2D eigenvalue weighted by molar-refractivity contribution is 0.0949. The summed E-state index contributed by atoms with van der Waals surface area (Å²) in [6, 6.07) is 4.50. The van der Waals surface area contributed by atoms with Crippen molar-refractivity contribution in [3.63, 3.8) is 0 Å². The summed E-state index contributed by atoms with van der Waals surface area (Å²) >= 11 is 0. The van der Waals surface area contributed by atoms with Crippen LogP contribution in [-0.4, -0.2) is 54.3 Å². The molecule has 0 saturated carbocycles. The number of nitrogens with zero attached hydrogens (tertiary/aromatic N) is 3. The predicted octanol–water partition coefficient (Wildman–Crippen LogP) is 2.56. The summed E-state index contributed by atoms with van der Waals surface area (Å²) in [6.45, 7) is 2.73. The van der Waals surface area contributed by atoms with E-state index in [2.05, 4.69) is 9.98 Å². The summed E-state index contributed by atoms with van der Waals surface area (Å²) < 4.78 is 19.2. The number of likely N-dealkylation sites (N-methyl/N-ethyl adjacent to an activating group) is 1. The Balaban J connectivity index is 1.93. The van der Waals surface area contributed by atoms with Gasteiger partial charge in [0.25, 0.3) is 0 Å². The Morgan fingerprint density at radius 3 is 2.76 bits per heavy atom. The molecule has 0 amide bonds. The average Bonchev–Trinajstić information content (AvgIpc) is 3.00. The van der Waals surface area contributed by atoms with Crippen LogP contribution in [0.25, 0.3) is 11.5 Å². The van der Waals surface area contributed by atoms with Gasteiger partial charge in [-0.15, -0.1) is 0 Å². The summed E-state index contributed by atoms with van der Waals surface area (Å²) in [6.07, 6.45) is -0.0898. The van der Waals surface area contributed by atoms with Crippen LogP contribution in [-0.2, 0) is 0 Å². The molecule has 0 fully saturated rings. The first-order chi connectivity index (χ1) is 11.9. The first-order valence-electron chi connectivity index (χ1n) is 7.90. The van der Waals surface area contributed by atoms with Crippen LogP contribution in [0.2, 0.25) is 0 Å². The maximum atomic E-state index is 13.7. The number of carbonyl (C=O) groups is 2. The molecule has 0 saturated heterocycles. The van der Waals surface area contributed by atoms with Crippen LogP contribution in [0.1, 0.15) is 33.0 Å². The predicted molar refractivity (Wildman–Crippen MR) is 90.8 cm³/mol. The van der Waals surface area contributed by atoms with Crippen LogP contribution in [0.5, 0.6) is 0 Å². The van der Waals surface area contributed by atoms with Crippen molar-refractivity contribution < 1.29 is 18.4 Å². The van der Waals surface area contributed by atoms with Gasteiger partial charge in [0.15, 0.2) is 11.5 Å². The Hall–Kier alpha value is -2.67. The first kappa shape index (κ1) is 17.2. The standard InChI is InChI=1S/C18H18FN3O3/c1-10-4-5-11(8-12(10)19)18-21-15-14(23)9-13(16(24)17(15)25-18)20-6-7-22(2)3/h4-5,8H,6-7,9H2,1-3H3. The van der Waals surface area contributed by atoms with Gasteiger partial charge in [-0.25, -0.2) is 9.37 Å². The van der Waals surface area contributed by atoms with Gasteiger partial charge in [0.1, 0.15) is 5.82 Å². The molecule has 0 N–H and O–H groups in total. The Morgan fingerprint density at radius 2 is 2.08 bits per heavy atom. The number of aliphatic imine (C=N–C) groups is 1. The van der Waals surface area contributed by atoms with Gasteiger partial charge >= 0.3 is 0 Å². The molecule has 0 bridgehead atoms. The fourth-order valence-corrected chi connectivity index (χ4v) is 2.47. The third-order valence-corrected chi connectivity index (χ3v) is 3.96. The van der Waals surface area contributed by atoms with Gasteiger partial charge in [-0.05, 0) is 38.7 Å². The van der Waals surface area contributed by atoms with Crippen molar-refractivity contribution in [2.45, 2.75) is 13.3 Å². The molecular weight excluding hydrogens is 325 g/mol. The fourth-order valence-electron chi connectivity index (χ4n) is 2.47. The molecule has 0 radical (unpaired) electrons. The molecule has 6 nitrogen and oxygen atoms in total. The van der Waals surface area contributed by atoms with Gasteiger partial charge in [0, 0.05) is 12.1 Å². The van der Waals surface area contributed by atoms with Crippen molar-refractivity contribution in [2.24, 2.45) is 4.99 Å². The van der Waals surface area contributed by atoms with Crippen LogP contribution in [0.4, 0.5) is 4.39 Å². The number of halogens is 1. The Kier molecular flexibility index (Phi) is 4.59. The molecule has 1 aliphatic rings. The van der Waals surface area contributed by atoms with Gasteiger partial charge in [0.05, 0.1) is 18.7 Å². The van der Waals surface area contributed by atoms with E-state index in [4.69, 9.17) is 4.42 Å². The van der Waals surface area contributed by atoms with Crippen molar-refractivity contribution >= 4 is 17.3 Å². The highest BCUT2D eigenvalue weighted by Crippen LogP contribution is 2.27. The molecule has 0 spiro atoms. The van der Waals surface area contributed by atoms with E-state index < -0.39 is 11.6 Å². The summed E-state index contributed by atoms with van der Waals surface area (Å²) in [5.41, 5.74) is 1.04. The summed E-state index contributed by atoms with van der Waals surface area (Å²) in [5.74, 6) is -1.21. The van der Waals surface area contributed by atoms with Gasteiger partial charge in [-0.1, -0.05) is 6.07 Å². The molecule has 0 unspecified atom stereocenters. The molecular formula is C18H18FN3O3. The number of hydrogen-bond donors (Lipinski definition) is 0. The maximum absolute atomic E-state index is 13.7. The normalized spacial score (nSPS) is 16.0. The average molecular weight is 343 g/mol. The van der Waals surface area contributed by atoms with E-state index in [9.17, 15) is 14.0 Å². The fraction of sp³-hybridized carbons (Fsp3) is 0.333. The Bertz CT molecular complexity index is 884. The highest BCUT2D eigenvalue weighted by Gasteiger charge is 2.35. The number of hydrogen-bond acceptors (Lipinski definition) is 6.